The highest BCUT2D eigenvalue weighted by Crippen LogP contribution is 2.33. The van der Waals surface area contributed by atoms with Crippen LogP contribution >= 0.6 is 28.7 Å². The van der Waals surface area contributed by atoms with E-state index in [-0.39, 0.29) is 18.2 Å². The molecule has 1 N–H and O–H groups in total. The van der Waals surface area contributed by atoms with Crippen LogP contribution in [0.15, 0.2) is 59.1 Å². The van der Waals surface area contributed by atoms with Gasteiger partial charge in [0.15, 0.2) is 5.79 Å². The third-order valence-corrected chi connectivity index (χ3v) is 5.16. The average molecular weight is 437 g/mol. The van der Waals surface area contributed by atoms with Crippen LogP contribution in [0.3, 0.4) is 0 Å². The third kappa shape index (κ3) is 4.40. The number of amides is 2. The Kier molecular flexibility index (Phi) is 5.92. The van der Waals surface area contributed by atoms with Gasteiger partial charge in [-0.2, -0.15) is 0 Å². The topological polar surface area (TPSA) is 50.8 Å². The standard InChI is InChI=1S/C19H21BrN2O3S/c1-19(2)24-12-15(17(25-19)13-8-4-3-5-9-13)21-18(23)22(26)16-11-7-6-10-14(16)20/h3-11,15,17,26H,12H2,1-2H3,(H,21,23). The Morgan fingerprint density at radius 3 is 2.54 bits per heavy atom. The van der Waals surface area contributed by atoms with E-state index >= 15 is 0 Å². The molecule has 3 rings (SSSR count). The van der Waals surface area contributed by atoms with Crippen molar-refractivity contribution < 1.29 is 14.3 Å². The van der Waals surface area contributed by atoms with E-state index in [0.717, 1.165) is 10.0 Å². The van der Waals surface area contributed by atoms with Crippen LogP contribution in [-0.2, 0) is 9.47 Å². The zero-order valence-corrected chi connectivity index (χ0v) is 17.0. The van der Waals surface area contributed by atoms with Crippen molar-refractivity contribution in [3.63, 3.8) is 0 Å². The van der Waals surface area contributed by atoms with Gasteiger partial charge in [0.2, 0.25) is 0 Å². The fraction of sp³-hybridized carbons (Fsp3) is 0.316. The van der Waals surface area contributed by atoms with Gasteiger partial charge in [-0.15, -0.1) is 0 Å². The molecule has 1 aliphatic heterocycles. The normalized spacial score (nSPS) is 21.8. The van der Waals surface area contributed by atoms with Crippen molar-refractivity contribution in [2.45, 2.75) is 31.8 Å². The predicted molar refractivity (Wildman–Crippen MR) is 108 cm³/mol. The lowest BCUT2D eigenvalue weighted by atomic mass is 10.0. The SMILES string of the molecule is CC1(C)OCC(NC(=O)N(S)c2ccccc2Br)C(c2ccccc2)O1. The molecule has 0 aromatic heterocycles. The molecule has 2 atom stereocenters. The number of nitrogens with zero attached hydrogens (tertiary/aromatic N) is 1. The molecule has 2 amide bonds. The fourth-order valence-electron chi connectivity index (χ4n) is 2.81. The van der Waals surface area contributed by atoms with E-state index < -0.39 is 5.79 Å². The van der Waals surface area contributed by atoms with E-state index in [0.29, 0.717) is 12.3 Å². The highest BCUT2D eigenvalue weighted by Gasteiger charge is 2.38. The number of benzene rings is 2. The van der Waals surface area contributed by atoms with Crippen LogP contribution in [-0.4, -0.2) is 24.5 Å². The summed E-state index contributed by atoms with van der Waals surface area (Å²) in [4.78, 5) is 12.7. The number of halogens is 1. The number of urea groups is 1. The number of carbonyl (C=O) groups excluding carboxylic acids is 1. The maximum absolute atomic E-state index is 12.7. The summed E-state index contributed by atoms with van der Waals surface area (Å²) in [6, 6.07) is 16.5. The van der Waals surface area contributed by atoms with Crippen molar-refractivity contribution in [3.05, 3.63) is 64.6 Å². The Balaban J connectivity index is 1.78. The Labute approximate surface area is 167 Å². The van der Waals surface area contributed by atoms with Gasteiger partial charge in [0, 0.05) is 4.47 Å². The number of hydrogen-bond acceptors (Lipinski definition) is 4. The lowest BCUT2D eigenvalue weighted by Crippen LogP contribution is -2.53. The van der Waals surface area contributed by atoms with Crippen LogP contribution in [0, 0.1) is 0 Å². The molecule has 2 aromatic rings. The van der Waals surface area contributed by atoms with Gasteiger partial charge in [0.05, 0.1) is 18.3 Å². The first kappa shape index (κ1) is 19.2. The minimum absolute atomic E-state index is 0.315. The number of hydrogen-bond donors (Lipinski definition) is 2. The highest BCUT2D eigenvalue weighted by atomic mass is 79.9. The van der Waals surface area contributed by atoms with E-state index in [1.165, 1.54) is 4.31 Å². The van der Waals surface area contributed by atoms with Crippen LogP contribution in [0.1, 0.15) is 25.5 Å². The summed E-state index contributed by atoms with van der Waals surface area (Å²) in [5, 5.41) is 2.97. The molecule has 0 aliphatic carbocycles. The molecular weight excluding hydrogens is 416 g/mol. The second-order valence-corrected chi connectivity index (χ2v) is 7.73. The van der Waals surface area contributed by atoms with E-state index in [1.54, 1.807) is 0 Å². The van der Waals surface area contributed by atoms with E-state index in [9.17, 15) is 4.79 Å². The minimum Gasteiger partial charge on any atom is -0.348 e. The minimum atomic E-state index is -0.717. The van der Waals surface area contributed by atoms with Crippen LogP contribution in [0.5, 0.6) is 0 Å². The second kappa shape index (κ2) is 8.00. The van der Waals surface area contributed by atoms with Crippen molar-refractivity contribution >= 4 is 40.5 Å². The maximum atomic E-state index is 12.7. The Morgan fingerprint density at radius 1 is 1.19 bits per heavy atom. The first-order valence-electron chi connectivity index (χ1n) is 8.28. The lowest BCUT2D eigenvalue weighted by Gasteiger charge is -2.41. The molecule has 26 heavy (non-hydrogen) atoms. The molecule has 2 unspecified atom stereocenters. The molecule has 0 bridgehead atoms. The van der Waals surface area contributed by atoms with E-state index in [4.69, 9.17) is 9.47 Å². The van der Waals surface area contributed by atoms with Crippen molar-refractivity contribution in [2.24, 2.45) is 0 Å². The third-order valence-electron chi connectivity index (χ3n) is 4.10. The number of para-hydroxylation sites is 1. The second-order valence-electron chi connectivity index (χ2n) is 6.48. The Bertz CT molecular complexity index is 772. The van der Waals surface area contributed by atoms with Crippen LogP contribution in [0.4, 0.5) is 10.5 Å². The highest BCUT2D eigenvalue weighted by molar-refractivity contribution is 9.10. The monoisotopic (exact) mass is 436 g/mol. The zero-order valence-electron chi connectivity index (χ0n) is 14.6. The molecule has 1 fully saturated rings. The van der Waals surface area contributed by atoms with Crippen molar-refractivity contribution in [3.8, 4) is 0 Å². The van der Waals surface area contributed by atoms with Gasteiger partial charge in [-0.05, 0) is 47.5 Å². The van der Waals surface area contributed by atoms with E-state index in [1.807, 2.05) is 68.4 Å². The van der Waals surface area contributed by atoms with Gasteiger partial charge in [0.1, 0.15) is 6.10 Å². The maximum Gasteiger partial charge on any atom is 0.332 e. The van der Waals surface area contributed by atoms with Gasteiger partial charge in [-0.25, -0.2) is 9.10 Å². The summed E-state index contributed by atoms with van der Waals surface area (Å²) in [5.41, 5.74) is 1.64. The number of carbonyl (C=O) groups is 1. The molecule has 5 nitrogen and oxygen atoms in total. The first-order valence-corrected chi connectivity index (χ1v) is 9.47. The smallest absolute Gasteiger partial charge is 0.332 e. The first-order chi connectivity index (χ1) is 12.4. The molecule has 1 aliphatic rings. The molecule has 2 aromatic carbocycles. The molecule has 1 saturated heterocycles. The van der Waals surface area contributed by atoms with Crippen LogP contribution in [0.25, 0.3) is 0 Å². The van der Waals surface area contributed by atoms with Crippen LogP contribution in [0.2, 0.25) is 0 Å². The molecule has 0 saturated carbocycles. The average Bonchev–Trinajstić information content (AvgIpc) is 2.63. The van der Waals surface area contributed by atoms with Gasteiger partial charge < -0.3 is 14.8 Å². The summed E-state index contributed by atoms with van der Waals surface area (Å²) < 4.78 is 13.9. The van der Waals surface area contributed by atoms with Crippen LogP contribution < -0.4 is 9.62 Å². The molecular formula is C19H21BrN2O3S. The predicted octanol–water partition coefficient (Wildman–Crippen LogP) is 4.70. The largest absolute Gasteiger partial charge is 0.348 e. The van der Waals surface area contributed by atoms with E-state index in [2.05, 4.69) is 34.1 Å². The summed E-state index contributed by atoms with van der Waals surface area (Å²) >= 11 is 7.78. The Hall–Kier alpha value is -1.54. The number of ether oxygens (including phenoxy) is 2. The summed E-state index contributed by atoms with van der Waals surface area (Å²) in [5.74, 6) is -0.717. The summed E-state index contributed by atoms with van der Waals surface area (Å²) in [6.45, 7) is 4.08. The lowest BCUT2D eigenvalue weighted by molar-refractivity contribution is -0.284. The molecule has 0 radical (unpaired) electrons. The number of nitrogens with one attached hydrogen (secondary N) is 1. The van der Waals surface area contributed by atoms with Crippen molar-refractivity contribution in [1.82, 2.24) is 5.32 Å². The molecule has 7 heteroatoms. The molecule has 138 valence electrons. The zero-order chi connectivity index (χ0) is 18.7. The number of anilines is 1. The van der Waals surface area contributed by atoms with Crippen molar-refractivity contribution in [1.29, 1.82) is 0 Å². The fourth-order valence-corrected chi connectivity index (χ4v) is 3.64. The van der Waals surface area contributed by atoms with Gasteiger partial charge in [-0.1, -0.05) is 55.3 Å². The van der Waals surface area contributed by atoms with Gasteiger partial charge in [-0.3, -0.25) is 0 Å². The summed E-state index contributed by atoms with van der Waals surface area (Å²) in [6.07, 6.45) is -0.315. The number of rotatable bonds is 3. The molecule has 0 spiro atoms. The number of thiol groups is 1. The molecule has 1 heterocycles. The van der Waals surface area contributed by atoms with Gasteiger partial charge >= 0.3 is 6.03 Å². The van der Waals surface area contributed by atoms with Gasteiger partial charge in [0.25, 0.3) is 0 Å². The quantitative estimate of drug-likeness (QED) is 0.685. The summed E-state index contributed by atoms with van der Waals surface area (Å²) in [7, 11) is 0. The Morgan fingerprint density at radius 2 is 1.85 bits per heavy atom. The van der Waals surface area contributed by atoms with Crippen molar-refractivity contribution in [2.75, 3.05) is 10.9 Å².